The van der Waals surface area contributed by atoms with Crippen molar-refractivity contribution < 1.29 is 4.92 Å². The van der Waals surface area contributed by atoms with Crippen molar-refractivity contribution in [3.8, 4) is 0 Å². The average Bonchev–Trinajstić information content (AvgIpc) is 2.15. The van der Waals surface area contributed by atoms with Gasteiger partial charge in [0.05, 0.1) is 4.92 Å². The third kappa shape index (κ3) is 2.74. The van der Waals surface area contributed by atoms with Crippen molar-refractivity contribution in [2.75, 3.05) is 0 Å². The average molecular weight is 211 g/mol. The van der Waals surface area contributed by atoms with Crippen LogP contribution in [0.1, 0.15) is 6.92 Å². The molecular weight excluding hydrogens is 202 g/mol. The fourth-order valence-corrected chi connectivity index (χ4v) is 1.42. The van der Waals surface area contributed by atoms with E-state index >= 15 is 0 Å². The summed E-state index contributed by atoms with van der Waals surface area (Å²) in [5.74, 6) is 0.383. The summed E-state index contributed by atoms with van der Waals surface area (Å²) in [4.78, 5) is 10.6. The van der Waals surface area contributed by atoms with E-state index in [1.54, 1.807) is 25.1 Å². The smallest absolute Gasteiger partial charge is 0.284 e. The maximum absolute atomic E-state index is 10.6. The van der Waals surface area contributed by atoms with E-state index in [1.165, 1.54) is 6.07 Å². The van der Waals surface area contributed by atoms with Gasteiger partial charge in [0.2, 0.25) is 0 Å². The number of hydrogen-bond acceptors (Lipinski definition) is 4. The molecular formula is C8H9N3O2S. The highest BCUT2D eigenvalue weighted by Crippen LogP contribution is 2.29. The van der Waals surface area contributed by atoms with Gasteiger partial charge in [-0.05, 0) is 13.0 Å². The fraction of sp³-hybridized carbons (Fsp3) is 0.125. The summed E-state index contributed by atoms with van der Waals surface area (Å²) in [6.07, 6.45) is 0. The molecule has 1 aromatic rings. The Labute approximate surface area is 85.3 Å². The van der Waals surface area contributed by atoms with Crippen molar-refractivity contribution in [3.05, 3.63) is 34.4 Å². The minimum atomic E-state index is -0.441. The standard InChI is InChI=1S/C8H9N3O2S/c1-6(9)10-14-8-5-3-2-4-7(8)11(12)13/h2-5H,1H3,(H2,9,10). The number of nitrogens with two attached hydrogens (primary N) is 1. The lowest BCUT2D eigenvalue weighted by Gasteiger charge is -1.97. The Balaban J connectivity index is 2.96. The van der Waals surface area contributed by atoms with Crippen LogP contribution in [-0.4, -0.2) is 10.8 Å². The first kappa shape index (κ1) is 10.5. The Morgan fingerprint density at radius 3 is 2.79 bits per heavy atom. The fourth-order valence-electron chi connectivity index (χ4n) is 0.806. The maximum Gasteiger partial charge on any atom is 0.284 e. The summed E-state index contributed by atoms with van der Waals surface area (Å²) in [7, 11) is 0. The van der Waals surface area contributed by atoms with Crippen LogP contribution in [0.3, 0.4) is 0 Å². The predicted molar refractivity (Wildman–Crippen MR) is 56.2 cm³/mol. The van der Waals surface area contributed by atoms with Gasteiger partial charge in [-0.1, -0.05) is 12.1 Å². The molecule has 2 N–H and O–H groups in total. The summed E-state index contributed by atoms with van der Waals surface area (Å²) < 4.78 is 3.84. The molecule has 0 radical (unpaired) electrons. The van der Waals surface area contributed by atoms with E-state index < -0.39 is 4.92 Å². The molecule has 0 atom stereocenters. The molecule has 0 aliphatic heterocycles. The van der Waals surface area contributed by atoms with Gasteiger partial charge in [0.15, 0.2) is 0 Å². The normalized spacial score (nSPS) is 11.4. The zero-order valence-corrected chi connectivity index (χ0v) is 8.32. The molecule has 0 fully saturated rings. The number of rotatable bonds is 3. The lowest BCUT2D eigenvalue weighted by molar-refractivity contribution is -0.387. The molecule has 0 saturated heterocycles. The van der Waals surface area contributed by atoms with Crippen LogP contribution in [0.15, 0.2) is 33.6 Å². The van der Waals surface area contributed by atoms with Crippen LogP contribution in [-0.2, 0) is 0 Å². The van der Waals surface area contributed by atoms with Crippen LogP contribution in [0.4, 0.5) is 5.69 Å². The van der Waals surface area contributed by atoms with Gasteiger partial charge in [-0.25, -0.2) is 0 Å². The highest BCUT2D eigenvalue weighted by molar-refractivity contribution is 7.98. The number of para-hydroxylation sites is 1. The molecule has 1 rings (SSSR count). The summed E-state index contributed by atoms with van der Waals surface area (Å²) in [5.41, 5.74) is 5.37. The number of benzene rings is 1. The van der Waals surface area contributed by atoms with Crippen LogP contribution < -0.4 is 5.73 Å². The molecule has 0 aromatic heterocycles. The highest BCUT2D eigenvalue weighted by atomic mass is 32.2. The zero-order valence-electron chi connectivity index (χ0n) is 7.51. The first-order chi connectivity index (χ1) is 6.61. The van der Waals surface area contributed by atoms with Crippen LogP contribution in [0, 0.1) is 10.1 Å². The molecule has 74 valence electrons. The van der Waals surface area contributed by atoms with Crippen molar-refractivity contribution >= 4 is 23.5 Å². The van der Waals surface area contributed by atoms with Crippen molar-refractivity contribution in [2.24, 2.45) is 10.1 Å². The number of nitro groups is 1. The van der Waals surface area contributed by atoms with Crippen molar-refractivity contribution in [2.45, 2.75) is 11.8 Å². The zero-order chi connectivity index (χ0) is 10.6. The lowest BCUT2D eigenvalue weighted by atomic mass is 10.3. The minimum absolute atomic E-state index is 0.0440. The Bertz CT molecular complexity index is 375. The highest BCUT2D eigenvalue weighted by Gasteiger charge is 2.12. The summed E-state index contributed by atoms with van der Waals surface area (Å²) in [6, 6.07) is 6.40. The Kier molecular flexibility index (Phi) is 3.47. The topological polar surface area (TPSA) is 81.5 Å². The van der Waals surface area contributed by atoms with Crippen LogP contribution >= 0.6 is 11.9 Å². The van der Waals surface area contributed by atoms with E-state index in [2.05, 4.69) is 4.40 Å². The molecule has 0 heterocycles. The van der Waals surface area contributed by atoms with Crippen molar-refractivity contribution in [3.63, 3.8) is 0 Å². The van der Waals surface area contributed by atoms with Gasteiger partial charge in [-0.15, -0.1) is 0 Å². The second-order valence-corrected chi connectivity index (χ2v) is 3.35. The molecule has 14 heavy (non-hydrogen) atoms. The summed E-state index contributed by atoms with van der Waals surface area (Å²) in [5, 5.41) is 10.6. The molecule has 6 heteroatoms. The van der Waals surface area contributed by atoms with Gasteiger partial charge >= 0.3 is 0 Å². The summed E-state index contributed by atoms with van der Waals surface area (Å²) >= 11 is 1.00. The first-order valence-electron chi connectivity index (χ1n) is 3.82. The largest absolute Gasteiger partial charge is 0.387 e. The van der Waals surface area contributed by atoms with Crippen molar-refractivity contribution in [1.82, 2.24) is 0 Å². The third-order valence-electron chi connectivity index (χ3n) is 1.35. The Hall–Kier alpha value is -1.56. The Morgan fingerprint density at radius 2 is 2.21 bits per heavy atom. The molecule has 0 bridgehead atoms. The van der Waals surface area contributed by atoms with Crippen LogP contribution in [0.2, 0.25) is 0 Å². The molecule has 0 aliphatic rings. The monoisotopic (exact) mass is 211 g/mol. The van der Waals surface area contributed by atoms with Gasteiger partial charge in [-0.3, -0.25) is 10.1 Å². The number of amidine groups is 1. The maximum atomic E-state index is 10.6. The lowest BCUT2D eigenvalue weighted by Crippen LogP contribution is -2.03. The van der Waals surface area contributed by atoms with Gasteiger partial charge in [-0.2, -0.15) is 4.40 Å². The number of nitro benzene ring substituents is 1. The molecule has 0 aliphatic carbocycles. The van der Waals surface area contributed by atoms with Gasteiger partial charge in [0, 0.05) is 18.0 Å². The van der Waals surface area contributed by atoms with Gasteiger partial charge in [0.25, 0.3) is 5.69 Å². The molecule has 0 spiro atoms. The van der Waals surface area contributed by atoms with E-state index in [0.717, 1.165) is 11.9 Å². The van der Waals surface area contributed by atoms with Crippen LogP contribution in [0.5, 0.6) is 0 Å². The predicted octanol–water partition coefficient (Wildman–Crippen LogP) is 1.98. The molecule has 0 amide bonds. The van der Waals surface area contributed by atoms with E-state index in [9.17, 15) is 10.1 Å². The quantitative estimate of drug-likeness (QED) is 0.272. The van der Waals surface area contributed by atoms with E-state index in [1.807, 2.05) is 0 Å². The van der Waals surface area contributed by atoms with Gasteiger partial charge in [0.1, 0.15) is 10.7 Å². The molecule has 0 saturated carbocycles. The van der Waals surface area contributed by atoms with Gasteiger partial charge < -0.3 is 5.73 Å². The first-order valence-corrected chi connectivity index (χ1v) is 4.59. The Morgan fingerprint density at radius 1 is 1.57 bits per heavy atom. The SMILES string of the molecule is C/C(N)=N\Sc1ccccc1[N+](=O)[O-]. The van der Waals surface area contributed by atoms with E-state index in [4.69, 9.17) is 5.73 Å². The summed E-state index contributed by atoms with van der Waals surface area (Å²) in [6.45, 7) is 1.63. The second-order valence-electron chi connectivity index (χ2n) is 2.55. The van der Waals surface area contributed by atoms with E-state index in [0.29, 0.717) is 10.7 Å². The van der Waals surface area contributed by atoms with Crippen molar-refractivity contribution in [1.29, 1.82) is 0 Å². The van der Waals surface area contributed by atoms with E-state index in [-0.39, 0.29) is 5.69 Å². The second kappa shape index (κ2) is 4.61. The van der Waals surface area contributed by atoms with Crippen LogP contribution in [0.25, 0.3) is 0 Å². The minimum Gasteiger partial charge on any atom is -0.387 e. The number of hydrogen-bond donors (Lipinski definition) is 1. The molecule has 0 unspecified atom stereocenters. The molecule has 5 nitrogen and oxygen atoms in total. The number of nitrogens with zero attached hydrogens (tertiary/aromatic N) is 2. The third-order valence-corrected chi connectivity index (χ3v) is 2.27. The molecule has 1 aromatic carbocycles.